The SMILES string of the molecule is C=CCNC(=O)C(=O)C(CC1CC1)NC(=O)C1(C)CCCN1C(=O)[C@@H](NC(=O)NC1(CS(=O)(=O)C(C)(C)C)CCCCC1)C1(C)CCCCC1. The summed E-state index contributed by atoms with van der Waals surface area (Å²) in [5.74, 6) is -2.30. The minimum Gasteiger partial charge on any atom is -0.346 e. The minimum atomic E-state index is -3.56. The van der Waals surface area contributed by atoms with Gasteiger partial charge in [0.15, 0.2) is 9.84 Å². The number of rotatable bonds is 14. The molecule has 4 fully saturated rings. The van der Waals surface area contributed by atoms with Crippen molar-refractivity contribution in [1.82, 2.24) is 26.2 Å². The molecule has 13 heteroatoms. The summed E-state index contributed by atoms with van der Waals surface area (Å²) >= 11 is 0. The average Bonchev–Trinajstić information content (AvgIpc) is 3.78. The molecule has 1 aliphatic heterocycles. The van der Waals surface area contributed by atoms with Gasteiger partial charge in [0.1, 0.15) is 11.6 Å². The van der Waals surface area contributed by atoms with Crippen molar-refractivity contribution in [3.05, 3.63) is 12.7 Å². The number of Topliss-reactive ketones (excluding diaryl/α,β-unsaturated/α-hetero) is 1. The summed E-state index contributed by atoms with van der Waals surface area (Å²) < 4.78 is 25.8. The van der Waals surface area contributed by atoms with Crippen molar-refractivity contribution in [2.75, 3.05) is 18.8 Å². The van der Waals surface area contributed by atoms with E-state index in [1.54, 1.807) is 32.6 Å². The second-order valence-corrected chi connectivity index (χ2v) is 19.6. The minimum absolute atomic E-state index is 0.128. The zero-order valence-electron chi connectivity index (χ0n) is 31.0. The molecule has 3 aliphatic carbocycles. The van der Waals surface area contributed by atoms with Crippen LogP contribution in [0.3, 0.4) is 0 Å². The highest BCUT2D eigenvalue weighted by molar-refractivity contribution is 7.92. The van der Waals surface area contributed by atoms with Gasteiger partial charge < -0.3 is 26.2 Å². The maximum absolute atomic E-state index is 14.7. The molecule has 0 spiro atoms. The van der Waals surface area contributed by atoms with Crippen LogP contribution in [0.25, 0.3) is 0 Å². The number of urea groups is 1. The molecule has 0 aromatic heterocycles. The van der Waals surface area contributed by atoms with Crippen LogP contribution in [0.5, 0.6) is 0 Å². The topological polar surface area (TPSA) is 171 Å². The maximum atomic E-state index is 14.7. The molecule has 0 aromatic rings. The highest BCUT2D eigenvalue weighted by atomic mass is 32.2. The van der Waals surface area contributed by atoms with Crippen molar-refractivity contribution >= 4 is 39.4 Å². The van der Waals surface area contributed by atoms with E-state index in [2.05, 4.69) is 27.8 Å². The number of ketones is 1. The molecule has 0 bridgehead atoms. The normalized spacial score (nSPS) is 24.7. The van der Waals surface area contributed by atoms with E-state index < -0.39 is 66.8 Å². The van der Waals surface area contributed by atoms with E-state index in [0.29, 0.717) is 51.5 Å². The van der Waals surface area contributed by atoms with Crippen LogP contribution in [-0.4, -0.2) is 89.6 Å². The highest BCUT2D eigenvalue weighted by Crippen LogP contribution is 2.42. The van der Waals surface area contributed by atoms with Crippen molar-refractivity contribution in [2.24, 2.45) is 11.3 Å². The third-order valence-corrected chi connectivity index (χ3v) is 14.5. The number of carbonyl (C=O) groups excluding carboxylic acids is 5. The van der Waals surface area contributed by atoms with Crippen LogP contribution in [0.15, 0.2) is 12.7 Å². The summed E-state index contributed by atoms with van der Waals surface area (Å²) in [6.07, 6.45) is 12.4. The van der Waals surface area contributed by atoms with Gasteiger partial charge in [-0.2, -0.15) is 0 Å². The summed E-state index contributed by atoms with van der Waals surface area (Å²) in [5, 5.41) is 11.4. The summed E-state index contributed by atoms with van der Waals surface area (Å²) in [6, 6.07) is -2.55. The molecule has 282 valence electrons. The Balaban J connectivity index is 1.57. The van der Waals surface area contributed by atoms with Crippen molar-refractivity contribution in [3.63, 3.8) is 0 Å². The number of amides is 5. The Bertz CT molecular complexity index is 1410. The average molecular weight is 720 g/mol. The fourth-order valence-corrected chi connectivity index (χ4v) is 9.58. The van der Waals surface area contributed by atoms with Crippen LogP contribution in [0, 0.1) is 11.3 Å². The van der Waals surface area contributed by atoms with Gasteiger partial charge in [0, 0.05) is 13.1 Å². The Morgan fingerprint density at radius 1 is 0.880 bits per heavy atom. The van der Waals surface area contributed by atoms with Crippen LogP contribution in [0.2, 0.25) is 0 Å². The predicted molar refractivity (Wildman–Crippen MR) is 193 cm³/mol. The monoisotopic (exact) mass is 719 g/mol. The molecule has 1 saturated heterocycles. The smallest absolute Gasteiger partial charge is 0.315 e. The Kier molecular flexibility index (Phi) is 12.5. The van der Waals surface area contributed by atoms with Crippen LogP contribution in [-0.2, 0) is 29.0 Å². The number of nitrogens with zero attached hydrogens (tertiary/aromatic N) is 1. The molecule has 0 aromatic carbocycles. The van der Waals surface area contributed by atoms with Crippen molar-refractivity contribution in [1.29, 1.82) is 0 Å². The molecule has 1 heterocycles. The Morgan fingerprint density at radius 2 is 1.48 bits per heavy atom. The van der Waals surface area contributed by atoms with E-state index in [1.165, 1.54) is 6.08 Å². The number of carbonyl (C=O) groups is 5. The van der Waals surface area contributed by atoms with Gasteiger partial charge in [-0.3, -0.25) is 19.2 Å². The molecule has 2 unspecified atom stereocenters. The van der Waals surface area contributed by atoms with Gasteiger partial charge >= 0.3 is 6.03 Å². The number of likely N-dealkylation sites (tertiary alicyclic amines) is 1. The lowest BCUT2D eigenvalue weighted by Crippen LogP contribution is -2.66. The summed E-state index contributed by atoms with van der Waals surface area (Å²) in [5.41, 5.74) is -2.83. The number of hydrogen-bond donors (Lipinski definition) is 4. The third-order valence-electron chi connectivity index (χ3n) is 11.7. The molecule has 12 nitrogen and oxygen atoms in total. The van der Waals surface area contributed by atoms with E-state index in [1.807, 2.05) is 6.92 Å². The Hall–Kier alpha value is -2.96. The quantitative estimate of drug-likeness (QED) is 0.155. The fourth-order valence-electron chi connectivity index (χ4n) is 8.06. The second kappa shape index (κ2) is 15.7. The zero-order chi connectivity index (χ0) is 37.0. The number of hydrogen-bond acceptors (Lipinski definition) is 7. The van der Waals surface area contributed by atoms with E-state index >= 15 is 0 Å². The molecular weight excluding hydrogens is 659 g/mol. The van der Waals surface area contributed by atoms with Gasteiger partial charge in [0.2, 0.25) is 17.6 Å². The zero-order valence-corrected chi connectivity index (χ0v) is 31.8. The molecule has 4 rings (SSSR count). The van der Waals surface area contributed by atoms with Gasteiger partial charge in [-0.15, -0.1) is 6.58 Å². The first-order valence-corrected chi connectivity index (χ1v) is 20.4. The Morgan fingerprint density at radius 3 is 2.04 bits per heavy atom. The highest BCUT2D eigenvalue weighted by Gasteiger charge is 2.52. The van der Waals surface area contributed by atoms with Gasteiger partial charge in [-0.25, -0.2) is 13.2 Å². The van der Waals surface area contributed by atoms with Gasteiger partial charge in [-0.1, -0.05) is 64.4 Å². The summed E-state index contributed by atoms with van der Waals surface area (Å²) in [4.78, 5) is 70.1. The van der Waals surface area contributed by atoms with Crippen molar-refractivity contribution in [2.45, 2.75) is 159 Å². The molecule has 3 saturated carbocycles. The van der Waals surface area contributed by atoms with E-state index in [4.69, 9.17) is 0 Å². The van der Waals surface area contributed by atoms with Gasteiger partial charge in [-0.05, 0) is 84.0 Å². The lowest BCUT2D eigenvalue weighted by molar-refractivity contribution is -0.149. The largest absolute Gasteiger partial charge is 0.346 e. The first-order valence-electron chi connectivity index (χ1n) is 18.7. The van der Waals surface area contributed by atoms with Crippen molar-refractivity contribution in [3.8, 4) is 0 Å². The van der Waals surface area contributed by atoms with E-state index in [9.17, 15) is 32.4 Å². The van der Waals surface area contributed by atoms with Gasteiger partial charge in [0.05, 0.1) is 22.1 Å². The predicted octanol–water partition coefficient (Wildman–Crippen LogP) is 4.08. The van der Waals surface area contributed by atoms with Crippen LogP contribution in [0.4, 0.5) is 4.79 Å². The summed E-state index contributed by atoms with van der Waals surface area (Å²) in [6.45, 7) is 12.7. The van der Waals surface area contributed by atoms with E-state index in [0.717, 1.165) is 51.4 Å². The van der Waals surface area contributed by atoms with Gasteiger partial charge in [0.25, 0.3) is 5.91 Å². The molecule has 4 aliphatic rings. The Labute approximate surface area is 299 Å². The van der Waals surface area contributed by atoms with Crippen LogP contribution < -0.4 is 21.3 Å². The standard InChI is InChI=1S/C37H61N5O7S/c1-7-22-38-30(44)28(43)27(24-26-15-16-26)39-32(46)36(6)19-14-23-42(36)31(45)29(35(5)17-10-8-11-18-35)40-33(47)41-37(20-12-9-13-21-37)25-50(48,49)34(2,3)4/h7,26-27,29H,1,8-25H2,2-6H3,(H,38,44)(H,39,46)(H2,40,41,47)/t27?,29-,36?/m1/s1. The van der Waals surface area contributed by atoms with E-state index in [-0.39, 0.29) is 24.1 Å². The lowest BCUT2D eigenvalue weighted by atomic mass is 9.70. The maximum Gasteiger partial charge on any atom is 0.315 e. The van der Waals surface area contributed by atoms with Crippen LogP contribution in [0.1, 0.15) is 131 Å². The number of nitrogens with one attached hydrogen (secondary N) is 4. The molecule has 50 heavy (non-hydrogen) atoms. The number of sulfone groups is 1. The molecule has 0 radical (unpaired) electrons. The second-order valence-electron chi connectivity index (χ2n) is 16.9. The first kappa shape index (κ1) is 39.8. The summed E-state index contributed by atoms with van der Waals surface area (Å²) in [7, 11) is -3.56. The molecule has 4 N–H and O–H groups in total. The first-order chi connectivity index (χ1) is 23.4. The van der Waals surface area contributed by atoms with Crippen molar-refractivity contribution < 1.29 is 32.4 Å². The third kappa shape index (κ3) is 9.28. The van der Waals surface area contributed by atoms with Crippen LogP contribution >= 0.6 is 0 Å². The molecule has 5 amide bonds. The molecular formula is C37H61N5O7S. The molecule has 3 atom stereocenters. The fraction of sp³-hybridized carbons (Fsp3) is 0.811. The lowest BCUT2D eigenvalue weighted by Gasteiger charge is -2.45.